The van der Waals surface area contributed by atoms with E-state index in [1.807, 2.05) is 12.1 Å². The van der Waals surface area contributed by atoms with Crippen molar-refractivity contribution in [2.45, 2.75) is 6.92 Å². The smallest absolute Gasteiger partial charge is 0.308 e. The minimum atomic E-state index is -0.402. The number of non-ortho nitro benzene ring substituents is 1. The van der Waals surface area contributed by atoms with Gasteiger partial charge in [-0.3, -0.25) is 14.9 Å². The molecule has 5 nitrogen and oxygen atoms in total. The molecule has 0 amide bonds. The van der Waals surface area contributed by atoms with Gasteiger partial charge in [0.1, 0.15) is 5.75 Å². The van der Waals surface area contributed by atoms with Gasteiger partial charge in [0.15, 0.2) is 0 Å². The molecule has 0 aliphatic rings. The molecular weight excluding hydrogens is 270 g/mol. The molecule has 0 unspecified atom stereocenters. The fourth-order valence-corrected chi connectivity index (χ4v) is 2.44. The van der Waals surface area contributed by atoms with Gasteiger partial charge in [0.25, 0.3) is 5.69 Å². The summed E-state index contributed by atoms with van der Waals surface area (Å²) in [5.74, 6) is 0.0228. The van der Waals surface area contributed by atoms with Crippen LogP contribution in [-0.2, 0) is 4.79 Å². The van der Waals surface area contributed by atoms with Gasteiger partial charge in [-0.1, -0.05) is 24.3 Å². The van der Waals surface area contributed by atoms with E-state index in [9.17, 15) is 14.9 Å². The predicted molar refractivity (Wildman–Crippen MR) is 79.4 cm³/mol. The highest BCUT2D eigenvalue weighted by molar-refractivity contribution is 6.11. The Bertz CT molecular complexity index is 886. The third-order valence-corrected chi connectivity index (χ3v) is 3.27. The summed E-state index contributed by atoms with van der Waals surface area (Å²) in [5, 5.41) is 14.1. The molecule has 0 atom stereocenters. The van der Waals surface area contributed by atoms with Crippen molar-refractivity contribution in [3.05, 3.63) is 58.6 Å². The van der Waals surface area contributed by atoms with Crippen molar-refractivity contribution in [1.29, 1.82) is 0 Å². The van der Waals surface area contributed by atoms with E-state index in [0.717, 1.165) is 16.2 Å². The van der Waals surface area contributed by atoms with Crippen molar-refractivity contribution >= 4 is 33.2 Å². The Kier molecular flexibility index (Phi) is 3.02. The molecule has 104 valence electrons. The van der Waals surface area contributed by atoms with Crippen molar-refractivity contribution < 1.29 is 14.5 Å². The van der Waals surface area contributed by atoms with Crippen LogP contribution in [0.3, 0.4) is 0 Å². The van der Waals surface area contributed by atoms with Crippen LogP contribution in [0.2, 0.25) is 0 Å². The van der Waals surface area contributed by atoms with Gasteiger partial charge in [-0.05, 0) is 34.4 Å². The molecule has 0 saturated heterocycles. The second kappa shape index (κ2) is 4.86. The van der Waals surface area contributed by atoms with Crippen LogP contribution in [0.5, 0.6) is 5.75 Å². The quantitative estimate of drug-likeness (QED) is 0.235. The number of nitrogens with zero attached hydrogens (tertiary/aromatic N) is 1. The highest BCUT2D eigenvalue weighted by Gasteiger charge is 2.15. The number of rotatable bonds is 2. The highest BCUT2D eigenvalue weighted by atomic mass is 16.6. The van der Waals surface area contributed by atoms with E-state index in [1.165, 1.54) is 13.0 Å². The normalized spacial score (nSPS) is 10.7. The van der Waals surface area contributed by atoms with Crippen LogP contribution in [0, 0.1) is 10.1 Å². The number of hydrogen-bond donors (Lipinski definition) is 0. The van der Waals surface area contributed by atoms with Gasteiger partial charge in [0, 0.05) is 13.0 Å². The SMILES string of the molecule is CC(=O)Oc1ccc2cc([N+](=O)[O-])c3ccccc3c2c1. The van der Waals surface area contributed by atoms with Gasteiger partial charge >= 0.3 is 5.97 Å². The summed E-state index contributed by atoms with van der Waals surface area (Å²) in [4.78, 5) is 21.9. The number of fused-ring (bicyclic) bond motifs is 3. The molecule has 0 heterocycles. The van der Waals surface area contributed by atoms with Gasteiger partial charge in [0.05, 0.1) is 10.3 Å². The second-order valence-electron chi connectivity index (χ2n) is 4.67. The number of benzene rings is 3. The number of carbonyl (C=O) groups is 1. The van der Waals surface area contributed by atoms with Gasteiger partial charge in [-0.2, -0.15) is 0 Å². The molecule has 3 aromatic carbocycles. The minimum Gasteiger partial charge on any atom is -0.427 e. The third kappa shape index (κ3) is 2.29. The van der Waals surface area contributed by atoms with E-state index in [1.54, 1.807) is 30.3 Å². The first kappa shape index (κ1) is 13.1. The summed E-state index contributed by atoms with van der Waals surface area (Å²) in [7, 11) is 0. The number of nitro benzene ring substituents is 1. The Hall–Kier alpha value is -2.95. The largest absolute Gasteiger partial charge is 0.427 e. The predicted octanol–water partition coefficient (Wildman–Crippen LogP) is 3.83. The van der Waals surface area contributed by atoms with Crippen molar-refractivity contribution in [2.75, 3.05) is 0 Å². The van der Waals surface area contributed by atoms with E-state index in [2.05, 4.69) is 0 Å². The lowest BCUT2D eigenvalue weighted by molar-refractivity contribution is -0.382. The maximum Gasteiger partial charge on any atom is 0.308 e. The number of hydrogen-bond acceptors (Lipinski definition) is 4. The maximum absolute atomic E-state index is 11.2. The zero-order chi connectivity index (χ0) is 15.0. The number of esters is 1. The lowest BCUT2D eigenvalue weighted by Gasteiger charge is -2.07. The molecule has 3 aromatic rings. The lowest BCUT2D eigenvalue weighted by Crippen LogP contribution is -2.01. The summed E-state index contributed by atoms with van der Waals surface area (Å²) >= 11 is 0. The van der Waals surface area contributed by atoms with Gasteiger partial charge in [-0.15, -0.1) is 0 Å². The molecule has 5 heteroatoms. The van der Waals surface area contributed by atoms with Crippen LogP contribution in [0.15, 0.2) is 48.5 Å². The van der Waals surface area contributed by atoms with Crippen LogP contribution in [-0.4, -0.2) is 10.9 Å². The lowest BCUT2D eigenvalue weighted by atomic mass is 10.0. The Balaban J connectivity index is 2.37. The third-order valence-electron chi connectivity index (χ3n) is 3.27. The average Bonchev–Trinajstić information content (AvgIpc) is 2.45. The molecular formula is C16H11NO4. The van der Waals surface area contributed by atoms with Crippen molar-refractivity contribution in [2.24, 2.45) is 0 Å². The Morgan fingerprint density at radius 1 is 1.05 bits per heavy atom. The summed E-state index contributed by atoms with van der Waals surface area (Å²) in [6.45, 7) is 1.33. The van der Waals surface area contributed by atoms with Crippen molar-refractivity contribution in [3.63, 3.8) is 0 Å². The molecule has 0 radical (unpaired) electrons. The fourth-order valence-electron chi connectivity index (χ4n) is 2.44. The molecule has 0 saturated carbocycles. The average molecular weight is 281 g/mol. The Morgan fingerprint density at radius 3 is 2.43 bits per heavy atom. The molecule has 0 spiro atoms. The highest BCUT2D eigenvalue weighted by Crippen LogP contribution is 2.34. The topological polar surface area (TPSA) is 69.4 Å². The van der Waals surface area contributed by atoms with E-state index in [-0.39, 0.29) is 10.6 Å². The summed E-state index contributed by atoms with van der Waals surface area (Å²) in [5.41, 5.74) is 0.0679. The monoisotopic (exact) mass is 281 g/mol. The van der Waals surface area contributed by atoms with Crippen molar-refractivity contribution in [3.8, 4) is 5.75 Å². The zero-order valence-electron chi connectivity index (χ0n) is 11.2. The molecule has 0 aromatic heterocycles. The number of ether oxygens (including phenoxy) is 1. The first-order chi connectivity index (χ1) is 10.1. The Labute approximate surface area is 119 Å². The first-order valence-corrected chi connectivity index (χ1v) is 6.34. The zero-order valence-corrected chi connectivity index (χ0v) is 11.2. The number of nitro groups is 1. The molecule has 0 N–H and O–H groups in total. The molecule has 0 bridgehead atoms. The van der Waals surface area contributed by atoms with E-state index in [0.29, 0.717) is 11.1 Å². The van der Waals surface area contributed by atoms with Crippen LogP contribution in [0.4, 0.5) is 5.69 Å². The van der Waals surface area contributed by atoms with E-state index < -0.39 is 5.97 Å². The minimum absolute atomic E-state index is 0.0679. The van der Waals surface area contributed by atoms with Crippen LogP contribution in [0.1, 0.15) is 6.92 Å². The van der Waals surface area contributed by atoms with E-state index in [4.69, 9.17) is 4.74 Å². The van der Waals surface area contributed by atoms with Crippen molar-refractivity contribution in [1.82, 2.24) is 0 Å². The van der Waals surface area contributed by atoms with Gasteiger partial charge in [-0.25, -0.2) is 0 Å². The summed E-state index contributed by atoms with van der Waals surface area (Å²) in [6, 6.07) is 13.7. The summed E-state index contributed by atoms with van der Waals surface area (Å²) < 4.78 is 5.08. The molecule has 21 heavy (non-hydrogen) atoms. The Morgan fingerprint density at radius 2 is 1.76 bits per heavy atom. The van der Waals surface area contributed by atoms with Crippen LogP contribution in [0.25, 0.3) is 21.5 Å². The number of carbonyl (C=O) groups excluding carboxylic acids is 1. The molecule has 3 rings (SSSR count). The van der Waals surface area contributed by atoms with Crippen LogP contribution < -0.4 is 4.74 Å². The van der Waals surface area contributed by atoms with Crippen LogP contribution >= 0.6 is 0 Å². The first-order valence-electron chi connectivity index (χ1n) is 6.34. The maximum atomic E-state index is 11.2. The second-order valence-corrected chi connectivity index (χ2v) is 4.67. The molecule has 0 aliphatic carbocycles. The summed E-state index contributed by atoms with van der Waals surface area (Å²) in [6.07, 6.45) is 0. The van der Waals surface area contributed by atoms with Gasteiger partial charge < -0.3 is 4.74 Å². The van der Waals surface area contributed by atoms with Gasteiger partial charge in [0.2, 0.25) is 0 Å². The standard InChI is InChI=1S/C16H11NO4/c1-10(18)21-12-7-6-11-8-16(17(19)20)14-5-3-2-4-13(14)15(11)9-12/h2-9H,1H3. The molecule has 0 aliphatic heterocycles. The molecule has 0 fully saturated rings. The van der Waals surface area contributed by atoms with E-state index >= 15 is 0 Å². The fraction of sp³-hybridized carbons (Fsp3) is 0.0625.